The van der Waals surface area contributed by atoms with E-state index in [-0.39, 0.29) is 6.10 Å². The zero-order valence-corrected chi connectivity index (χ0v) is 8.58. The first-order valence-electron chi connectivity index (χ1n) is 4.58. The molecule has 0 aromatic heterocycles. The lowest BCUT2D eigenvalue weighted by Gasteiger charge is -2.16. The van der Waals surface area contributed by atoms with Gasteiger partial charge in [-0.3, -0.25) is 0 Å². The van der Waals surface area contributed by atoms with Crippen LogP contribution in [0.15, 0.2) is 0 Å². The molecule has 1 N–H and O–H groups in total. The van der Waals surface area contributed by atoms with Crippen molar-refractivity contribution in [1.82, 2.24) is 5.32 Å². The fourth-order valence-electron chi connectivity index (χ4n) is 1.84. The summed E-state index contributed by atoms with van der Waals surface area (Å²) in [6, 6.07) is 0.699. The molecule has 0 saturated carbocycles. The SMILES string of the molecule is COC[C@@H]1C[C@H](OC)[C@H](COC)N1. The van der Waals surface area contributed by atoms with Crippen LogP contribution < -0.4 is 5.32 Å². The number of hydrogen-bond donors (Lipinski definition) is 1. The quantitative estimate of drug-likeness (QED) is 0.662. The molecular weight excluding hydrogens is 170 g/mol. The Kier molecular flexibility index (Phi) is 4.66. The molecule has 1 rings (SSSR count). The zero-order valence-electron chi connectivity index (χ0n) is 8.58. The van der Waals surface area contributed by atoms with E-state index in [1.54, 1.807) is 21.3 Å². The van der Waals surface area contributed by atoms with Gasteiger partial charge in [-0.1, -0.05) is 0 Å². The molecule has 0 radical (unpaired) electrons. The van der Waals surface area contributed by atoms with Gasteiger partial charge < -0.3 is 19.5 Å². The molecule has 1 aliphatic heterocycles. The van der Waals surface area contributed by atoms with Crippen LogP contribution in [-0.4, -0.2) is 52.7 Å². The highest BCUT2D eigenvalue weighted by molar-refractivity contribution is 4.91. The molecule has 78 valence electrons. The molecule has 3 atom stereocenters. The van der Waals surface area contributed by atoms with E-state index in [0.29, 0.717) is 18.7 Å². The first-order valence-corrected chi connectivity index (χ1v) is 4.58. The molecule has 13 heavy (non-hydrogen) atoms. The summed E-state index contributed by atoms with van der Waals surface area (Å²) < 4.78 is 15.5. The molecule has 0 amide bonds. The van der Waals surface area contributed by atoms with Gasteiger partial charge in [-0.05, 0) is 6.42 Å². The Bertz CT molecular complexity index is 143. The lowest BCUT2D eigenvalue weighted by Crippen LogP contribution is -2.38. The fourth-order valence-corrected chi connectivity index (χ4v) is 1.84. The van der Waals surface area contributed by atoms with Crippen LogP contribution in [0.5, 0.6) is 0 Å². The van der Waals surface area contributed by atoms with Crippen molar-refractivity contribution in [2.24, 2.45) is 0 Å². The Morgan fingerprint density at radius 3 is 2.38 bits per heavy atom. The van der Waals surface area contributed by atoms with Gasteiger partial charge in [0.05, 0.1) is 25.4 Å². The minimum atomic E-state index is 0.250. The second kappa shape index (κ2) is 5.54. The second-order valence-corrected chi connectivity index (χ2v) is 3.39. The summed E-state index contributed by atoms with van der Waals surface area (Å²) in [7, 11) is 5.16. The van der Waals surface area contributed by atoms with Crippen LogP contribution in [0.4, 0.5) is 0 Å². The lowest BCUT2D eigenvalue weighted by molar-refractivity contribution is 0.0575. The van der Waals surface area contributed by atoms with E-state index in [4.69, 9.17) is 14.2 Å². The highest BCUT2D eigenvalue weighted by Crippen LogP contribution is 2.16. The molecule has 4 heteroatoms. The fraction of sp³-hybridized carbons (Fsp3) is 1.00. The molecule has 1 saturated heterocycles. The molecule has 1 aliphatic rings. The summed E-state index contributed by atoms with van der Waals surface area (Å²) in [5.74, 6) is 0. The van der Waals surface area contributed by atoms with Gasteiger partial charge in [-0.2, -0.15) is 0 Å². The topological polar surface area (TPSA) is 39.7 Å². The minimum Gasteiger partial charge on any atom is -0.383 e. The molecule has 4 nitrogen and oxygen atoms in total. The molecule has 1 fully saturated rings. The van der Waals surface area contributed by atoms with Gasteiger partial charge in [0, 0.05) is 27.4 Å². The summed E-state index contributed by atoms with van der Waals surface area (Å²) in [6.07, 6.45) is 1.25. The van der Waals surface area contributed by atoms with Crippen LogP contribution in [0, 0.1) is 0 Å². The maximum Gasteiger partial charge on any atom is 0.0762 e. The van der Waals surface area contributed by atoms with Crippen LogP contribution in [-0.2, 0) is 14.2 Å². The molecular formula is C9H19NO3. The number of rotatable bonds is 5. The average molecular weight is 189 g/mol. The Balaban J connectivity index is 2.36. The second-order valence-electron chi connectivity index (χ2n) is 3.39. The van der Waals surface area contributed by atoms with Crippen LogP contribution >= 0.6 is 0 Å². The maximum absolute atomic E-state index is 5.35. The third-order valence-electron chi connectivity index (χ3n) is 2.43. The van der Waals surface area contributed by atoms with E-state index in [2.05, 4.69) is 5.32 Å². The van der Waals surface area contributed by atoms with Crippen molar-refractivity contribution in [3.05, 3.63) is 0 Å². The number of methoxy groups -OCH3 is 3. The van der Waals surface area contributed by atoms with Crippen LogP contribution in [0.2, 0.25) is 0 Å². The Labute approximate surface area is 79.5 Å². The first-order chi connectivity index (χ1) is 6.31. The predicted molar refractivity (Wildman–Crippen MR) is 49.9 cm³/mol. The van der Waals surface area contributed by atoms with Gasteiger partial charge in [-0.25, -0.2) is 0 Å². The highest BCUT2D eigenvalue weighted by Gasteiger charge is 2.33. The Hall–Kier alpha value is -0.160. The minimum absolute atomic E-state index is 0.250. The first kappa shape index (κ1) is 10.9. The zero-order chi connectivity index (χ0) is 9.68. The number of hydrogen-bond acceptors (Lipinski definition) is 4. The van der Waals surface area contributed by atoms with Gasteiger partial charge in [0.15, 0.2) is 0 Å². The van der Waals surface area contributed by atoms with Crippen LogP contribution in [0.1, 0.15) is 6.42 Å². The van der Waals surface area contributed by atoms with E-state index in [1.165, 1.54) is 0 Å². The summed E-state index contributed by atoms with van der Waals surface area (Å²) in [4.78, 5) is 0. The largest absolute Gasteiger partial charge is 0.383 e. The van der Waals surface area contributed by atoms with Crippen molar-refractivity contribution < 1.29 is 14.2 Å². The molecule has 0 spiro atoms. The van der Waals surface area contributed by atoms with E-state index in [9.17, 15) is 0 Å². The van der Waals surface area contributed by atoms with Gasteiger partial charge >= 0.3 is 0 Å². The van der Waals surface area contributed by atoms with Crippen LogP contribution in [0.3, 0.4) is 0 Å². The molecule has 0 aromatic rings. The smallest absolute Gasteiger partial charge is 0.0762 e. The van der Waals surface area contributed by atoms with E-state index in [1.807, 2.05) is 0 Å². The van der Waals surface area contributed by atoms with Crippen molar-refractivity contribution in [1.29, 1.82) is 0 Å². The standard InChI is InChI=1S/C9H19NO3/c1-11-5-7-4-9(13-3)8(10-7)6-12-2/h7-10H,4-6H2,1-3H3/t7-,8-,9-/m0/s1. The molecule has 1 heterocycles. The third kappa shape index (κ3) is 2.91. The van der Waals surface area contributed by atoms with Crippen molar-refractivity contribution in [2.45, 2.75) is 24.6 Å². The van der Waals surface area contributed by atoms with E-state index >= 15 is 0 Å². The molecule has 0 aromatic carbocycles. The van der Waals surface area contributed by atoms with Crippen LogP contribution in [0.25, 0.3) is 0 Å². The Morgan fingerprint density at radius 1 is 1.15 bits per heavy atom. The summed E-state index contributed by atoms with van der Waals surface area (Å²) in [6.45, 7) is 1.43. The van der Waals surface area contributed by atoms with E-state index < -0.39 is 0 Å². The lowest BCUT2D eigenvalue weighted by atomic mass is 10.1. The third-order valence-corrected chi connectivity index (χ3v) is 2.43. The molecule has 0 unspecified atom stereocenters. The number of ether oxygens (including phenoxy) is 3. The van der Waals surface area contributed by atoms with Gasteiger partial charge in [-0.15, -0.1) is 0 Å². The molecule has 0 aliphatic carbocycles. The van der Waals surface area contributed by atoms with E-state index in [0.717, 1.165) is 13.0 Å². The monoisotopic (exact) mass is 189 g/mol. The van der Waals surface area contributed by atoms with Gasteiger partial charge in [0.25, 0.3) is 0 Å². The summed E-state index contributed by atoms with van der Waals surface area (Å²) in [5, 5.41) is 3.42. The van der Waals surface area contributed by atoms with Gasteiger partial charge in [0.1, 0.15) is 0 Å². The molecule has 0 bridgehead atoms. The maximum atomic E-state index is 5.35. The van der Waals surface area contributed by atoms with Crippen molar-refractivity contribution in [3.63, 3.8) is 0 Å². The Morgan fingerprint density at radius 2 is 1.85 bits per heavy atom. The van der Waals surface area contributed by atoms with Crippen molar-refractivity contribution >= 4 is 0 Å². The average Bonchev–Trinajstić information content (AvgIpc) is 2.49. The number of nitrogens with one attached hydrogen (secondary N) is 1. The van der Waals surface area contributed by atoms with Crippen molar-refractivity contribution in [3.8, 4) is 0 Å². The van der Waals surface area contributed by atoms with Gasteiger partial charge in [0.2, 0.25) is 0 Å². The highest BCUT2D eigenvalue weighted by atomic mass is 16.5. The predicted octanol–water partition coefficient (Wildman–Crippen LogP) is 0.0247. The normalized spacial score (nSPS) is 33.9. The van der Waals surface area contributed by atoms with Crippen molar-refractivity contribution in [2.75, 3.05) is 34.5 Å². The summed E-state index contributed by atoms with van der Waals surface area (Å²) in [5.41, 5.74) is 0. The summed E-state index contributed by atoms with van der Waals surface area (Å²) >= 11 is 0.